The largest absolute Gasteiger partial charge is 0.497 e. The van der Waals surface area contributed by atoms with Crippen molar-refractivity contribution < 1.29 is 14.4 Å². The lowest BCUT2D eigenvalue weighted by atomic mass is 10.0. The van der Waals surface area contributed by atoms with Gasteiger partial charge in [0, 0.05) is 19.5 Å². The van der Waals surface area contributed by atoms with Gasteiger partial charge in [0.1, 0.15) is 5.75 Å². The number of methoxy groups -OCH3 is 1. The van der Waals surface area contributed by atoms with Crippen molar-refractivity contribution in [3.8, 4) is 5.75 Å². The number of hydrogen-bond acceptors (Lipinski definition) is 6. The number of β-amino-alcohol motifs (C(OH)–C–C–N with tert-alkyl or cyclic N) is 1. The fraction of sp³-hybridized carbons (Fsp3) is 0.467. The summed E-state index contributed by atoms with van der Waals surface area (Å²) in [7, 11) is 1.66. The summed E-state index contributed by atoms with van der Waals surface area (Å²) in [4.78, 5) is 6.41. The van der Waals surface area contributed by atoms with E-state index in [-0.39, 0.29) is 12.1 Å². The number of benzene rings is 1. The van der Waals surface area contributed by atoms with Crippen molar-refractivity contribution in [2.75, 3.05) is 13.7 Å². The number of aromatic nitrogens is 2. The van der Waals surface area contributed by atoms with Gasteiger partial charge in [0.05, 0.1) is 19.8 Å². The van der Waals surface area contributed by atoms with Crippen LogP contribution >= 0.6 is 0 Å². The van der Waals surface area contributed by atoms with Crippen LogP contribution < -0.4 is 4.74 Å². The number of aliphatic hydroxyl groups excluding tert-OH is 1. The summed E-state index contributed by atoms with van der Waals surface area (Å²) in [6.45, 7) is 2.95. The summed E-state index contributed by atoms with van der Waals surface area (Å²) in [5.41, 5.74) is 1.13. The van der Waals surface area contributed by atoms with E-state index in [9.17, 15) is 5.11 Å². The Kier molecular flexibility index (Phi) is 3.90. The van der Waals surface area contributed by atoms with Gasteiger partial charge in [-0.05, 0) is 24.1 Å². The van der Waals surface area contributed by atoms with Crippen LogP contribution in [0.1, 0.15) is 29.7 Å². The fourth-order valence-electron chi connectivity index (χ4n) is 2.84. The van der Waals surface area contributed by atoms with Crippen molar-refractivity contribution in [2.24, 2.45) is 0 Å². The molecule has 0 bridgehead atoms. The highest BCUT2D eigenvalue weighted by atomic mass is 16.5. The molecule has 21 heavy (non-hydrogen) atoms. The van der Waals surface area contributed by atoms with Crippen molar-refractivity contribution in [2.45, 2.75) is 32.0 Å². The first-order valence-electron chi connectivity index (χ1n) is 7.01. The van der Waals surface area contributed by atoms with Crippen molar-refractivity contribution in [3.05, 3.63) is 41.5 Å². The molecular formula is C15H19N3O3. The average molecular weight is 289 g/mol. The van der Waals surface area contributed by atoms with Crippen LogP contribution in [0.15, 0.2) is 28.8 Å². The molecule has 0 saturated carbocycles. The zero-order valence-corrected chi connectivity index (χ0v) is 12.2. The molecule has 2 heterocycles. The van der Waals surface area contributed by atoms with Gasteiger partial charge in [-0.2, -0.15) is 4.98 Å². The maximum Gasteiger partial charge on any atom is 0.223 e. The lowest BCUT2D eigenvalue weighted by Gasteiger charge is -2.23. The minimum atomic E-state index is -0.339. The number of aryl methyl sites for hydroxylation is 1. The standard InChI is InChI=1S/C15H19N3O3/c1-10-16-15(17-21-10)9-18-8-12(19)7-14(18)11-4-3-5-13(6-11)20-2/h3-6,12,14,19H,7-9H2,1-2H3/t12-,14+/m1/s1. The molecule has 1 aliphatic rings. The molecule has 0 amide bonds. The minimum Gasteiger partial charge on any atom is -0.497 e. The quantitative estimate of drug-likeness (QED) is 0.923. The first-order chi connectivity index (χ1) is 10.2. The van der Waals surface area contributed by atoms with Crippen LogP contribution in [0.5, 0.6) is 5.75 Å². The third kappa shape index (κ3) is 3.06. The minimum absolute atomic E-state index is 0.133. The molecule has 6 nitrogen and oxygen atoms in total. The predicted molar refractivity (Wildman–Crippen MR) is 75.8 cm³/mol. The topological polar surface area (TPSA) is 71.6 Å². The van der Waals surface area contributed by atoms with Crippen LogP contribution in [-0.4, -0.2) is 39.9 Å². The van der Waals surface area contributed by atoms with Crippen molar-refractivity contribution >= 4 is 0 Å². The fourth-order valence-corrected chi connectivity index (χ4v) is 2.84. The molecule has 0 spiro atoms. The summed E-state index contributed by atoms with van der Waals surface area (Å²) in [5, 5.41) is 13.9. The van der Waals surface area contributed by atoms with E-state index in [4.69, 9.17) is 9.26 Å². The molecule has 1 aromatic heterocycles. The van der Waals surface area contributed by atoms with Gasteiger partial charge in [0.15, 0.2) is 5.82 Å². The molecule has 3 rings (SSSR count). The van der Waals surface area contributed by atoms with Gasteiger partial charge in [0.2, 0.25) is 5.89 Å². The van der Waals surface area contributed by atoms with Gasteiger partial charge in [-0.25, -0.2) is 0 Å². The first-order valence-corrected chi connectivity index (χ1v) is 7.01. The molecule has 0 unspecified atom stereocenters. The van der Waals surface area contributed by atoms with Crippen LogP contribution in [0.4, 0.5) is 0 Å². The number of likely N-dealkylation sites (tertiary alicyclic amines) is 1. The van der Waals surface area contributed by atoms with E-state index in [1.807, 2.05) is 18.2 Å². The van der Waals surface area contributed by atoms with Crippen molar-refractivity contribution in [1.82, 2.24) is 15.0 Å². The second-order valence-corrected chi connectivity index (χ2v) is 5.34. The van der Waals surface area contributed by atoms with Gasteiger partial charge in [-0.15, -0.1) is 0 Å². The molecule has 6 heteroatoms. The number of aliphatic hydroxyl groups is 1. The Morgan fingerprint density at radius 2 is 2.33 bits per heavy atom. The monoisotopic (exact) mass is 289 g/mol. The summed E-state index contributed by atoms with van der Waals surface area (Å²) in [6, 6.07) is 8.09. The van der Waals surface area contributed by atoms with Crippen LogP contribution in [-0.2, 0) is 6.54 Å². The third-order valence-corrected chi connectivity index (χ3v) is 3.77. The average Bonchev–Trinajstić information content (AvgIpc) is 3.05. The second kappa shape index (κ2) is 5.83. The Balaban J connectivity index is 1.81. The summed E-state index contributed by atoms with van der Waals surface area (Å²) in [5.74, 6) is 2.03. The van der Waals surface area contributed by atoms with E-state index in [0.29, 0.717) is 31.2 Å². The molecule has 0 radical (unpaired) electrons. The van der Waals surface area contributed by atoms with Gasteiger partial charge in [-0.1, -0.05) is 17.3 Å². The SMILES string of the molecule is COc1cccc([C@@H]2C[C@@H](O)CN2Cc2noc(C)n2)c1. The molecule has 1 N–H and O–H groups in total. The zero-order valence-electron chi connectivity index (χ0n) is 12.2. The van der Waals surface area contributed by atoms with Gasteiger partial charge in [0.25, 0.3) is 0 Å². The lowest BCUT2D eigenvalue weighted by molar-refractivity contribution is 0.170. The van der Waals surface area contributed by atoms with Crippen LogP contribution in [0.2, 0.25) is 0 Å². The number of rotatable bonds is 4. The highest BCUT2D eigenvalue weighted by Gasteiger charge is 2.33. The first kappa shape index (κ1) is 14.0. The summed E-state index contributed by atoms with van der Waals surface area (Å²) >= 11 is 0. The molecule has 2 atom stereocenters. The number of ether oxygens (including phenoxy) is 1. The van der Waals surface area contributed by atoms with E-state index in [0.717, 1.165) is 11.3 Å². The second-order valence-electron chi connectivity index (χ2n) is 5.34. The molecule has 2 aromatic rings. The van der Waals surface area contributed by atoms with Crippen LogP contribution in [0.3, 0.4) is 0 Å². The van der Waals surface area contributed by atoms with Gasteiger partial charge < -0.3 is 14.4 Å². The normalized spacial score (nSPS) is 22.6. The zero-order chi connectivity index (χ0) is 14.8. The molecule has 1 aromatic carbocycles. The summed E-state index contributed by atoms with van der Waals surface area (Å²) < 4.78 is 10.3. The van der Waals surface area contributed by atoms with Gasteiger partial charge in [-0.3, -0.25) is 4.90 Å². The molecule has 1 aliphatic heterocycles. The van der Waals surface area contributed by atoms with E-state index in [2.05, 4.69) is 21.1 Å². The molecule has 1 fully saturated rings. The Morgan fingerprint density at radius 1 is 1.48 bits per heavy atom. The third-order valence-electron chi connectivity index (χ3n) is 3.77. The summed E-state index contributed by atoms with van der Waals surface area (Å²) in [6.07, 6.45) is 0.360. The smallest absolute Gasteiger partial charge is 0.223 e. The van der Waals surface area contributed by atoms with E-state index in [1.54, 1.807) is 14.0 Å². The number of nitrogens with zero attached hydrogens (tertiary/aromatic N) is 3. The van der Waals surface area contributed by atoms with Crippen LogP contribution in [0, 0.1) is 6.92 Å². The molecule has 112 valence electrons. The molecule has 1 saturated heterocycles. The maximum atomic E-state index is 10.0. The highest BCUT2D eigenvalue weighted by Crippen LogP contribution is 2.34. The predicted octanol–water partition coefficient (Wildman–Crippen LogP) is 1.69. The molecule has 0 aliphatic carbocycles. The highest BCUT2D eigenvalue weighted by molar-refractivity contribution is 5.31. The maximum absolute atomic E-state index is 10.0. The van der Waals surface area contributed by atoms with Gasteiger partial charge >= 0.3 is 0 Å². The van der Waals surface area contributed by atoms with Crippen LogP contribution in [0.25, 0.3) is 0 Å². The Bertz CT molecular complexity index is 614. The Labute approximate surface area is 123 Å². The van der Waals surface area contributed by atoms with Crippen molar-refractivity contribution in [3.63, 3.8) is 0 Å². The Morgan fingerprint density at radius 3 is 3.05 bits per heavy atom. The van der Waals surface area contributed by atoms with E-state index >= 15 is 0 Å². The molecular weight excluding hydrogens is 270 g/mol. The van der Waals surface area contributed by atoms with Crippen molar-refractivity contribution in [1.29, 1.82) is 0 Å². The van der Waals surface area contributed by atoms with E-state index < -0.39 is 0 Å². The van der Waals surface area contributed by atoms with E-state index in [1.165, 1.54) is 0 Å². The Hall–Kier alpha value is -1.92. The lowest BCUT2D eigenvalue weighted by Crippen LogP contribution is -2.25. The number of hydrogen-bond donors (Lipinski definition) is 1.